The van der Waals surface area contributed by atoms with E-state index in [4.69, 9.17) is 0 Å². The Morgan fingerprint density at radius 1 is 0.741 bits per heavy atom. The van der Waals surface area contributed by atoms with Crippen LogP contribution in [0.15, 0.2) is 24.5 Å². The first kappa shape index (κ1) is 20.8. The number of imidazole rings is 1. The van der Waals surface area contributed by atoms with Crippen LogP contribution in [0.25, 0.3) is 5.69 Å². The molecule has 0 N–H and O–H groups in total. The zero-order valence-corrected chi connectivity index (χ0v) is 18.9. The van der Waals surface area contributed by atoms with E-state index in [2.05, 4.69) is 73.2 Å². The molecule has 1 aliphatic rings. The predicted molar refractivity (Wildman–Crippen MR) is 111 cm³/mol. The Labute approximate surface area is 175 Å². The van der Waals surface area contributed by atoms with Gasteiger partial charge in [0.1, 0.15) is 0 Å². The molecule has 27 heavy (non-hydrogen) atoms. The molecule has 1 saturated carbocycles. The summed E-state index contributed by atoms with van der Waals surface area (Å²) in [5, 5.41) is 0. The van der Waals surface area contributed by atoms with Crippen LogP contribution in [-0.2, 0) is 18.7 Å². The van der Waals surface area contributed by atoms with Gasteiger partial charge in [-0.25, -0.2) is 0 Å². The van der Waals surface area contributed by atoms with E-state index in [0.717, 1.165) is 0 Å². The predicted octanol–water partition coefficient (Wildman–Crippen LogP) is 7.13. The molecule has 1 aliphatic carbocycles. The fraction of sp³-hybridized carbons (Fsp3) is 0.625. The van der Waals surface area contributed by atoms with E-state index in [0.29, 0.717) is 6.04 Å². The molecule has 3 rings (SSSR count). The Bertz CT molecular complexity index is 764. The molecular weight excluding hydrogens is 423 g/mol. The number of benzene rings is 1. The minimum atomic E-state index is 0.626. The minimum absolute atomic E-state index is 0.626. The Hall–Kier alpha value is -0.908. The van der Waals surface area contributed by atoms with Gasteiger partial charge in [0, 0.05) is 0 Å². The quantitative estimate of drug-likeness (QED) is 0.423. The van der Waals surface area contributed by atoms with Crippen LogP contribution < -0.4 is 0 Å². The first-order chi connectivity index (χ1) is 13.1. The summed E-state index contributed by atoms with van der Waals surface area (Å²) >= 11 is 3.62. The van der Waals surface area contributed by atoms with Gasteiger partial charge in [-0.15, -0.1) is 0 Å². The first-order valence-corrected chi connectivity index (χ1v) is 11.7. The summed E-state index contributed by atoms with van der Waals surface area (Å²) in [5.41, 5.74) is 5.37. The number of aromatic nitrogens is 2. The van der Waals surface area contributed by atoms with Crippen LogP contribution in [0.3, 0.4) is 0 Å². The Balaban J connectivity index is 1.85. The van der Waals surface area contributed by atoms with E-state index in [1.54, 1.807) is 0 Å². The summed E-state index contributed by atoms with van der Waals surface area (Å²) < 4.78 is 6.08. The summed E-state index contributed by atoms with van der Waals surface area (Å²) in [4.78, 5) is 0. The fourth-order valence-corrected chi connectivity index (χ4v) is 5.46. The third kappa shape index (κ3) is 5.33. The van der Waals surface area contributed by atoms with Gasteiger partial charge in [-0.2, -0.15) is 0 Å². The van der Waals surface area contributed by atoms with Crippen LogP contribution >= 0.6 is 0 Å². The van der Waals surface area contributed by atoms with E-state index >= 15 is 0 Å². The summed E-state index contributed by atoms with van der Waals surface area (Å²) in [7, 11) is 0. The molecule has 0 aliphatic heterocycles. The SMILES string of the molecule is Cc1cc(C)c(-n2ccn(C3CCCCCCCCCCC3)[c]2=[Pd])c(C)c1. The average Bonchev–Trinajstić information content (AvgIpc) is 2.96. The van der Waals surface area contributed by atoms with Gasteiger partial charge < -0.3 is 0 Å². The van der Waals surface area contributed by atoms with E-state index in [9.17, 15) is 0 Å². The molecule has 0 amide bonds. The summed E-state index contributed by atoms with van der Waals surface area (Å²) in [6, 6.07) is 5.21. The second-order valence-electron chi connectivity index (χ2n) is 8.48. The van der Waals surface area contributed by atoms with Crippen molar-refractivity contribution in [1.29, 1.82) is 0 Å². The maximum atomic E-state index is 3.62. The van der Waals surface area contributed by atoms with Gasteiger partial charge in [0.25, 0.3) is 0 Å². The molecule has 0 radical (unpaired) electrons. The summed E-state index contributed by atoms with van der Waals surface area (Å²) in [5.74, 6) is 0. The topological polar surface area (TPSA) is 9.86 Å². The van der Waals surface area contributed by atoms with Crippen molar-refractivity contribution in [1.82, 2.24) is 9.13 Å². The van der Waals surface area contributed by atoms with Crippen molar-refractivity contribution in [2.75, 3.05) is 0 Å². The monoisotopic (exact) mass is 458 g/mol. The van der Waals surface area contributed by atoms with Gasteiger partial charge in [0.05, 0.1) is 0 Å². The molecular formula is C24H36N2Pd. The number of hydrogen-bond donors (Lipinski definition) is 0. The van der Waals surface area contributed by atoms with Crippen LogP contribution in [-0.4, -0.2) is 9.13 Å². The number of nitrogens with zero attached hydrogens (tertiary/aromatic N) is 2. The molecule has 152 valence electrons. The van der Waals surface area contributed by atoms with Gasteiger partial charge in [-0.3, -0.25) is 0 Å². The molecule has 3 heteroatoms. The average molecular weight is 459 g/mol. The van der Waals surface area contributed by atoms with Gasteiger partial charge in [-0.05, 0) is 0 Å². The zero-order chi connectivity index (χ0) is 19.2. The summed E-state index contributed by atoms with van der Waals surface area (Å²) in [6.07, 6.45) is 19.9. The van der Waals surface area contributed by atoms with Crippen molar-refractivity contribution in [2.24, 2.45) is 0 Å². The van der Waals surface area contributed by atoms with Crippen molar-refractivity contribution in [3.63, 3.8) is 0 Å². The maximum absolute atomic E-state index is 3.62. The molecule has 2 aromatic rings. The molecule has 1 aromatic carbocycles. The second-order valence-corrected chi connectivity index (χ2v) is 9.17. The molecule has 0 bridgehead atoms. The van der Waals surface area contributed by atoms with Crippen LogP contribution in [0.4, 0.5) is 0 Å². The van der Waals surface area contributed by atoms with Gasteiger partial charge >= 0.3 is 176 Å². The van der Waals surface area contributed by atoms with E-state index in [1.165, 1.54) is 96.9 Å². The fourth-order valence-electron chi connectivity index (χ4n) is 4.77. The molecule has 1 fully saturated rings. The van der Waals surface area contributed by atoms with E-state index in [-0.39, 0.29) is 0 Å². The number of rotatable bonds is 2. The number of aryl methyl sites for hydroxylation is 3. The van der Waals surface area contributed by atoms with Crippen LogP contribution in [0.2, 0.25) is 0 Å². The summed E-state index contributed by atoms with van der Waals surface area (Å²) in [6.45, 7) is 6.64. The van der Waals surface area contributed by atoms with Crippen molar-refractivity contribution < 1.29 is 18.7 Å². The first-order valence-electron chi connectivity index (χ1n) is 10.9. The van der Waals surface area contributed by atoms with Gasteiger partial charge in [-0.1, -0.05) is 0 Å². The molecule has 0 unspecified atom stereocenters. The zero-order valence-electron chi connectivity index (χ0n) is 17.4. The normalized spacial score (nSPS) is 18.1. The molecule has 0 saturated heterocycles. The molecule has 2 nitrogen and oxygen atoms in total. The van der Waals surface area contributed by atoms with Crippen molar-refractivity contribution in [2.45, 2.75) is 97.4 Å². The molecule has 1 aromatic heterocycles. The standard InChI is InChI=1S/C24H36N2.Pd/c1-20-17-21(2)24(22(3)18-20)26-16-15-25(19-26)23-13-11-9-7-5-4-6-8-10-12-14-23;/h15-18,23H,4-14H2,1-3H3;. The van der Waals surface area contributed by atoms with E-state index in [1.807, 2.05) is 0 Å². The molecule has 0 atom stereocenters. The van der Waals surface area contributed by atoms with Crippen molar-refractivity contribution in [3.05, 3.63) is 45.1 Å². The third-order valence-electron chi connectivity index (χ3n) is 6.10. The molecule has 1 heterocycles. The number of hydrogen-bond acceptors (Lipinski definition) is 0. The Morgan fingerprint density at radius 2 is 1.22 bits per heavy atom. The van der Waals surface area contributed by atoms with Crippen molar-refractivity contribution in [3.8, 4) is 5.69 Å². The van der Waals surface area contributed by atoms with Crippen LogP contribution in [0, 0.1) is 24.7 Å². The van der Waals surface area contributed by atoms with Gasteiger partial charge in [0.2, 0.25) is 0 Å². The van der Waals surface area contributed by atoms with Crippen LogP contribution in [0.5, 0.6) is 0 Å². The van der Waals surface area contributed by atoms with Gasteiger partial charge in [0.15, 0.2) is 0 Å². The Kier molecular flexibility index (Phi) is 7.74. The van der Waals surface area contributed by atoms with Crippen molar-refractivity contribution >= 4 is 0 Å². The molecule has 0 spiro atoms. The second kappa shape index (κ2) is 10.0. The third-order valence-corrected chi connectivity index (χ3v) is 6.88. The Morgan fingerprint density at radius 3 is 1.74 bits per heavy atom. The van der Waals surface area contributed by atoms with E-state index < -0.39 is 0 Å². The van der Waals surface area contributed by atoms with Crippen LogP contribution in [0.1, 0.15) is 93.4 Å².